The highest BCUT2D eigenvalue weighted by Crippen LogP contribution is 2.21. The van der Waals surface area contributed by atoms with Gasteiger partial charge in [-0.25, -0.2) is 0 Å². The average molecular weight is 397 g/mol. The van der Waals surface area contributed by atoms with Gasteiger partial charge >= 0.3 is 11.9 Å². The standard InChI is InChI=1S/C22H36O6/c1-5-22(26,17-11-16-21(25)28-7-3)19(23)14-10-13-18(4)12-8-9-15-20(24)27-6-2/h10,13-14,26H,5-9,11-12,15-17H2,1-4H3/b14-10-,18-13+. The molecule has 0 saturated heterocycles. The van der Waals surface area contributed by atoms with Gasteiger partial charge in [0.1, 0.15) is 5.60 Å². The second-order valence-electron chi connectivity index (χ2n) is 6.79. The number of allylic oxidation sites excluding steroid dienone is 3. The van der Waals surface area contributed by atoms with Gasteiger partial charge in [0.05, 0.1) is 13.2 Å². The Bertz CT molecular complexity index is 549. The van der Waals surface area contributed by atoms with Gasteiger partial charge in [-0.15, -0.1) is 0 Å². The van der Waals surface area contributed by atoms with Crippen LogP contribution in [0.25, 0.3) is 0 Å². The van der Waals surface area contributed by atoms with Crippen molar-refractivity contribution in [2.75, 3.05) is 13.2 Å². The van der Waals surface area contributed by atoms with Gasteiger partial charge in [0.2, 0.25) is 0 Å². The van der Waals surface area contributed by atoms with Gasteiger partial charge in [0.25, 0.3) is 0 Å². The number of ketones is 1. The summed E-state index contributed by atoms with van der Waals surface area (Å²) in [6.45, 7) is 7.98. The zero-order valence-electron chi connectivity index (χ0n) is 17.8. The fourth-order valence-corrected chi connectivity index (χ4v) is 2.68. The molecule has 1 N–H and O–H groups in total. The van der Waals surface area contributed by atoms with E-state index in [2.05, 4.69) is 0 Å². The zero-order chi connectivity index (χ0) is 21.4. The van der Waals surface area contributed by atoms with Crippen LogP contribution >= 0.6 is 0 Å². The van der Waals surface area contributed by atoms with Crippen LogP contribution in [0.3, 0.4) is 0 Å². The Morgan fingerprint density at radius 1 is 0.893 bits per heavy atom. The molecule has 6 heteroatoms. The lowest BCUT2D eigenvalue weighted by Crippen LogP contribution is -2.36. The SMILES string of the molecule is CCOC(=O)CCCC/C(C)=C/C=C\C(=O)C(O)(CC)CCCC(=O)OCC. The first kappa shape index (κ1) is 26.1. The fourth-order valence-electron chi connectivity index (χ4n) is 2.68. The molecule has 0 saturated carbocycles. The van der Waals surface area contributed by atoms with Crippen LogP contribution in [0.5, 0.6) is 0 Å². The number of unbranched alkanes of at least 4 members (excludes halogenated alkanes) is 1. The summed E-state index contributed by atoms with van der Waals surface area (Å²) in [7, 11) is 0. The predicted octanol–water partition coefficient (Wildman–Crippen LogP) is 4.06. The predicted molar refractivity (Wildman–Crippen MR) is 109 cm³/mol. The third-order valence-corrected chi connectivity index (χ3v) is 4.46. The summed E-state index contributed by atoms with van der Waals surface area (Å²) in [5.74, 6) is -0.841. The highest BCUT2D eigenvalue weighted by molar-refractivity contribution is 5.97. The molecule has 1 unspecified atom stereocenters. The van der Waals surface area contributed by atoms with Gasteiger partial charge in [-0.3, -0.25) is 14.4 Å². The van der Waals surface area contributed by atoms with Crippen LogP contribution in [0, 0.1) is 0 Å². The van der Waals surface area contributed by atoms with E-state index < -0.39 is 5.60 Å². The van der Waals surface area contributed by atoms with Crippen molar-refractivity contribution in [3.8, 4) is 0 Å². The Morgan fingerprint density at radius 3 is 1.96 bits per heavy atom. The van der Waals surface area contributed by atoms with E-state index in [-0.39, 0.29) is 37.0 Å². The molecule has 0 aliphatic rings. The van der Waals surface area contributed by atoms with Crippen molar-refractivity contribution in [1.29, 1.82) is 0 Å². The summed E-state index contributed by atoms with van der Waals surface area (Å²) < 4.78 is 9.74. The number of hydrogen-bond acceptors (Lipinski definition) is 6. The van der Waals surface area contributed by atoms with Crippen LogP contribution in [0.1, 0.15) is 79.1 Å². The summed E-state index contributed by atoms with van der Waals surface area (Å²) in [6, 6.07) is 0. The molecule has 0 radical (unpaired) electrons. The quantitative estimate of drug-likeness (QED) is 0.194. The number of carbonyl (C=O) groups excluding carboxylic acids is 3. The van der Waals surface area contributed by atoms with Crippen LogP contribution in [-0.4, -0.2) is 41.6 Å². The van der Waals surface area contributed by atoms with Gasteiger partial charge < -0.3 is 14.6 Å². The van der Waals surface area contributed by atoms with Gasteiger partial charge in [0.15, 0.2) is 5.78 Å². The molecule has 28 heavy (non-hydrogen) atoms. The molecule has 160 valence electrons. The minimum absolute atomic E-state index is 0.170. The van der Waals surface area contributed by atoms with Crippen molar-refractivity contribution < 1.29 is 29.0 Å². The van der Waals surface area contributed by atoms with E-state index in [9.17, 15) is 19.5 Å². The van der Waals surface area contributed by atoms with E-state index in [1.54, 1.807) is 26.8 Å². The molecule has 0 heterocycles. The second kappa shape index (κ2) is 15.0. The van der Waals surface area contributed by atoms with Crippen LogP contribution in [0.15, 0.2) is 23.8 Å². The lowest BCUT2D eigenvalue weighted by Gasteiger charge is -2.23. The van der Waals surface area contributed by atoms with Crippen molar-refractivity contribution in [2.45, 2.75) is 84.7 Å². The minimum Gasteiger partial charge on any atom is -0.466 e. The van der Waals surface area contributed by atoms with Crippen molar-refractivity contribution in [2.24, 2.45) is 0 Å². The highest BCUT2D eigenvalue weighted by Gasteiger charge is 2.31. The zero-order valence-corrected chi connectivity index (χ0v) is 17.8. The first-order valence-corrected chi connectivity index (χ1v) is 10.2. The molecule has 0 rings (SSSR count). The molecular weight excluding hydrogens is 360 g/mol. The number of hydrogen-bond donors (Lipinski definition) is 1. The van der Waals surface area contributed by atoms with E-state index >= 15 is 0 Å². The summed E-state index contributed by atoms with van der Waals surface area (Å²) in [5, 5.41) is 10.5. The van der Waals surface area contributed by atoms with Crippen LogP contribution in [0.2, 0.25) is 0 Å². The smallest absolute Gasteiger partial charge is 0.305 e. The van der Waals surface area contributed by atoms with Gasteiger partial charge in [0, 0.05) is 12.8 Å². The molecule has 6 nitrogen and oxygen atoms in total. The number of carbonyl (C=O) groups is 3. The Labute approximate surface area is 169 Å². The van der Waals surface area contributed by atoms with Crippen molar-refractivity contribution >= 4 is 17.7 Å². The van der Waals surface area contributed by atoms with Crippen molar-refractivity contribution in [1.82, 2.24) is 0 Å². The molecule has 0 spiro atoms. The highest BCUT2D eigenvalue weighted by atomic mass is 16.5. The molecule has 0 aliphatic heterocycles. The van der Waals surface area contributed by atoms with E-state index in [0.29, 0.717) is 26.1 Å². The van der Waals surface area contributed by atoms with Crippen LogP contribution in [-0.2, 0) is 23.9 Å². The van der Waals surface area contributed by atoms with Crippen LogP contribution < -0.4 is 0 Å². The summed E-state index contributed by atoms with van der Waals surface area (Å²) >= 11 is 0. The number of esters is 2. The molecule has 0 aromatic heterocycles. The molecule has 0 aliphatic carbocycles. The van der Waals surface area contributed by atoms with Gasteiger partial charge in [-0.1, -0.05) is 24.6 Å². The van der Waals surface area contributed by atoms with E-state index in [1.165, 1.54) is 6.08 Å². The molecule has 0 aromatic carbocycles. The molecule has 0 fully saturated rings. The Balaban J connectivity index is 4.38. The van der Waals surface area contributed by atoms with E-state index in [4.69, 9.17) is 9.47 Å². The van der Waals surface area contributed by atoms with Crippen molar-refractivity contribution in [3.05, 3.63) is 23.8 Å². The lowest BCUT2D eigenvalue weighted by molar-refractivity contribution is -0.144. The number of aliphatic hydroxyl groups is 1. The van der Waals surface area contributed by atoms with E-state index in [0.717, 1.165) is 24.8 Å². The third kappa shape index (κ3) is 11.7. The maximum absolute atomic E-state index is 12.3. The maximum atomic E-state index is 12.3. The van der Waals surface area contributed by atoms with Gasteiger partial charge in [-0.05, 0) is 65.4 Å². The lowest BCUT2D eigenvalue weighted by atomic mass is 9.89. The molecular formula is C22H36O6. The molecule has 0 amide bonds. The normalized spacial score (nSPS) is 14.0. The Hall–Kier alpha value is -1.95. The van der Waals surface area contributed by atoms with Crippen molar-refractivity contribution in [3.63, 3.8) is 0 Å². The average Bonchev–Trinajstić information content (AvgIpc) is 2.65. The molecule has 1 atom stereocenters. The largest absolute Gasteiger partial charge is 0.466 e. The summed E-state index contributed by atoms with van der Waals surface area (Å²) in [6.07, 6.45) is 8.87. The Kier molecular flexibility index (Phi) is 14.0. The molecule has 0 aromatic rings. The number of rotatable bonds is 15. The first-order valence-electron chi connectivity index (χ1n) is 10.2. The van der Waals surface area contributed by atoms with Crippen LogP contribution in [0.4, 0.5) is 0 Å². The van der Waals surface area contributed by atoms with Gasteiger partial charge in [-0.2, -0.15) is 0 Å². The molecule has 0 bridgehead atoms. The monoisotopic (exact) mass is 396 g/mol. The minimum atomic E-state index is -1.45. The summed E-state index contributed by atoms with van der Waals surface area (Å²) in [5.41, 5.74) is -0.361. The Morgan fingerprint density at radius 2 is 1.43 bits per heavy atom. The summed E-state index contributed by atoms with van der Waals surface area (Å²) in [4.78, 5) is 35.0. The first-order chi connectivity index (χ1) is 13.3. The maximum Gasteiger partial charge on any atom is 0.305 e. The third-order valence-electron chi connectivity index (χ3n) is 4.46. The van der Waals surface area contributed by atoms with E-state index in [1.807, 2.05) is 13.0 Å². The second-order valence-corrected chi connectivity index (χ2v) is 6.79. The fraction of sp³-hybridized carbons (Fsp3) is 0.682. The number of ether oxygens (including phenoxy) is 2. The topological polar surface area (TPSA) is 89.9 Å².